The molecule has 0 aliphatic carbocycles. The highest BCUT2D eigenvalue weighted by molar-refractivity contribution is 5.92. The molecule has 1 rings (SSSR count). The first-order valence-corrected chi connectivity index (χ1v) is 4.22. The summed E-state index contributed by atoms with van der Waals surface area (Å²) < 4.78 is 0. The number of carbonyl (C=O) groups excluding carboxylic acids is 1. The molecule has 14 heavy (non-hydrogen) atoms. The van der Waals surface area contributed by atoms with Crippen LogP contribution in [0.15, 0.2) is 24.3 Å². The summed E-state index contributed by atoms with van der Waals surface area (Å²) in [5.74, 6) is -0.224. The maximum absolute atomic E-state index is 10.9. The van der Waals surface area contributed by atoms with Crippen LogP contribution >= 0.6 is 0 Å². The van der Waals surface area contributed by atoms with E-state index in [0.29, 0.717) is 12.1 Å². The molecule has 72 valence electrons. The van der Waals surface area contributed by atoms with Crippen molar-refractivity contribution in [3.8, 4) is 6.07 Å². The predicted octanol–water partition coefficient (Wildman–Crippen LogP) is 0.650. The lowest BCUT2D eigenvalue weighted by atomic mass is 10.1. The van der Waals surface area contributed by atoms with Gasteiger partial charge in [-0.05, 0) is 17.7 Å². The van der Waals surface area contributed by atoms with Gasteiger partial charge in [0.1, 0.15) is 0 Å². The summed E-state index contributed by atoms with van der Waals surface area (Å²) in [7, 11) is 0. The van der Waals surface area contributed by atoms with Crippen LogP contribution in [0.1, 0.15) is 5.56 Å². The Balaban J connectivity index is 2.65. The van der Waals surface area contributed by atoms with E-state index in [1.54, 1.807) is 24.3 Å². The van der Waals surface area contributed by atoms with Gasteiger partial charge in [-0.2, -0.15) is 5.26 Å². The number of amides is 1. The summed E-state index contributed by atoms with van der Waals surface area (Å²) in [6, 6.07) is 9.15. The normalized spacial score (nSPS) is 9.14. The summed E-state index contributed by atoms with van der Waals surface area (Å²) in [5.41, 5.74) is 6.77. The van der Waals surface area contributed by atoms with Crippen LogP contribution in [0.3, 0.4) is 0 Å². The predicted molar refractivity (Wildman–Crippen MR) is 53.4 cm³/mol. The van der Waals surface area contributed by atoms with Crippen LogP contribution in [0.25, 0.3) is 0 Å². The number of hydrogen-bond donors (Lipinski definition) is 2. The van der Waals surface area contributed by atoms with Crippen molar-refractivity contribution in [1.82, 2.24) is 0 Å². The first kappa shape index (κ1) is 10.2. The number of rotatable bonds is 3. The number of nitrogens with one attached hydrogen (secondary N) is 1. The van der Waals surface area contributed by atoms with Crippen LogP contribution in [0, 0.1) is 11.3 Å². The number of nitrogens with two attached hydrogens (primary N) is 1. The Morgan fingerprint density at radius 2 is 2.07 bits per heavy atom. The average molecular weight is 189 g/mol. The highest BCUT2D eigenvalue weighted by atomic mass is 16.1. The van der Waals surface area contributed by atoms with Gasteiger partial charge < -0.3 is 11.1 Å². The maximum Gasteiger partial charge on any atom is 0.238 e. The third-order valence-corrected chi connectivity index (χ3v) is 1.71. The molecule has 0 fully saturated rings. The summed E-state index contributed by atoms with van der Waals surface area (Å²) >= 11 is 0. The number of nitrogens with zero attached hydrogens (tertiary/aromatic N) is 1. The van der Waals surface area contributed by atoms with Crippen LogP contribution in [-0.4, -0.2) is 12.5 Å². The van der Waals surface area contributed by atoms with Crippen molar-refractivity contribution >= 4 is 11.6 Å². The molecule has 1 aromatic carbocycles. The zero-order valence-electron chi connectivity index (χ0n) is 7.66. The lowest BCUT2D eigenvalue weighted by Gasteiger charge is -2.03. The smallest absolute Gasteiger partial charge is 0.238 e. The third-order valence-electron chi connectivity index (χ3n) is 1.71. The second-order valence-corrected chi connectivity index (χ2v) is 2.78. The van der Waals surface area contributed by atoms with Gasteiger partial charge in [0.25, 0.3) is 0 Å². The zero-order valence-corrected chi connectivity index (χ0v) is 7.66. The summed E-state index contributed by atoms with van der Waals surface area (Å²) in [5, 5.41) is 11.1. The van der Waals surface area contributed by atoms with Gasteiger partial charge in [-0.1, -0.05) is 12.1 Å². The van der Waals surface area contributed by atoms with Crippen molar-refractivity contribution < 1.29 is 4.79 Å². The average Bonchev–Trinajstić information content (AvgIpc) is 2.21. The summed E-state index contributed by atoms with van der Waals surface area (Å²) in [6.45, 7) is -0.0278. The van der Waals surface area contributed by atoms with Gasteiger partial charge in [0, 0.05) is 5.69 Å². The minimum absolute atomic E-state index is 0.0278. The Hall–Kier alpha value is -1.86. The van der Waals surface area contributed by atoms with Gasteiger partial charge >= 0.3 is 0 Å². The van der Waals surface area contributed by atoms with Crippen LogP contribution < -0.4 is 11.1 Å². The Morgan fingerprint density at radius 3 is 2.57 bits per heavy atom. The molecular weight excluding hydrogens is 178 g/mol. The van der Waals surface area contributed by atoms with E-state index in [9.17, 15) is 4.79 Å². The molecule has 1 amide bonds. The van der Waals surface area contributed by atoms with E-state index in [0.717, 1.165) is 5.56 Å². The molecule has 0 saturated carbocycles. The van der Waals surface area contributed by atoms with Gasteiger partial charge in [0.2, 0.25) is 5.91 Å². The molecule has 0 radical (unpaired) electrons. The van der Waals surface area contributed by atoms with Crippen LogP contribution in [0.4, 0.5) is 5.69 Å². The second kappa shape index (κ2) is 5.00. The molecule has 0 spiro atoms. The molecular formula is C10H11N3O. The first-order chi connectivity index (χ1) is 6.76. The fourth-order valence-corrected chi connectivity index (χ4v) is 1.01. The number of nitriles is 1. The fraction of sp³-hybridized carbons (Fsp3) is 0.200. The molecule has 3 N–H and O–H groups in total. The van der Waals surface area contributed by atoms with E-state index in [1.807, 2.05) is 6.07 Å². The molecule has 0 bridgehead atoms. The topological polar surface area (TPSA) is 78.9 Å². The van der Waals surface area contributed by atoms with E-state index in [-0.39, 0.29) is 12.5 Å². The molecule has 0 aliphatic rings. The minimum Gasteiger partial charge on any atom is -0.325 e. The Kier molecular flexibility index (Phi) is 3.65. The van der Waals surface area contributed by atoms with Crippen molar-refractivity contribution in [2.45, 2.75) is 6.42 Å². The van der Waals surface area contributed by atoms with Crippen molar-refractivity contribution in [2.75, 3.05) is 11.9 Å². The molecule has 0 unspecified atom stereocenters. The first-order valence-electron chi connectivity index (χ1n) is 4.22. The molecule has 4 nitrogen and oxygen atoms in total. The number of benzene rings is 1. The molecule has 0 aliphatic heterocycles. The largest absolute Gasteiger partial charge is 0.325 e. The van der Waals surface area contributed by atoms with Crippen molar-refractivity contribution in [3.05, 3.63) is 29.8 Å². The summed E-state index contributed by atoms with van der Waals surface area (Å²) in [4.78, 5) is 10.9. The standard InChI is InChI=1S/C10H11N3O/c11-6-5-8-1-3-9(4-2-8)13-10(14)7-12/h1-4H,5,7,12H2,(H,13,14). The second-order valence-electron chi connectivity index (χ2n) is 2.78. The van der Waals surface area contributed by atoms with E-state index in [4.69, 9.17) is 11.0 Å². The van der Waals surface area contributed by atoms with Crippen LogP contribution in [0.2, 0.25) is 0 Å². The summed E-state index contributed by atoms with van der Waals surface area (Å²) in [6.07, 6.45) is 0.380. The molecule has 0 atom stereocenters. The SMILES string of the molecule is N#CCc1ccc(NC(=O)CN)cc1. The van der Waals surface area contributed by atoms with Gasteiger partial charge in [-0.3, -0.25) is 4.79 Å². The highest BCUT2D eigenvalue weighted by Crippen LogP contribution is 2.09. The maximum atomic E-state index is 10.9. The lowest BCUT2D eigenvalue weighted by molar-refractivity contribution is -0.114. The van der Waals surface area contributed by atoms with Gasteiger partial charge in [-0.15, -0.1) is 0 Å². The van der Waals surface area contributed by atoms with Crippen molar-refractivity contribution in [1.29, 1.82) is 5.26 Å². The Bertz CT molecular complexity index is 351. The zero-order chi connectivity index (χ0) is 10.4. The lowest BCUT2D eigenvalue weighted by Crippen LogP contribution is -2.21. The quantitative estimate of drug-likeness (QED) is 0.732. The minimum atomic E-state index is -0.224. The number of anilines is 1. The van der Waals surface area contributed by atoms with Crippen LogP contribution in [0.5, 0.6) is 0 Å². The van der Waals surface area contributed by atoms with Gasteiger partial charge in [-0.25, -0.2) is 0 Å². The Morgan fingerprint density at radius 1 is 1.43 bits per heavy atom. The molecule has 1 aromatic rings. The monoisotopic (exact) mass is 189 g/mol. The van der Waals surface area contributed by atoms with Gasteiger partial charge in [0.15, 0.2) is 0 Å². The van der Waals surface area contributed by atoms with Crippen molar-refractivity contribution in [3.63, 3.8) is 0 Å². The van der Waals surface area contributed by atoms with Gasteiger partial charge in [0.05, 0.1) is 19.0 Å². The van der Waals surface area contributed by atoms with Crippen LogP contribution in [-0.2, 0) is 11.2 Å². The number of hydrogen-bond acceptors (Lipinski definition) is 3. The number of carbonyl (C=O) groups is 1. The van der Waals surface area contributed by atoms with E-state index < -0.39 is 0 Å². The van der Waals surface area contributed by atoms with E-state index >= 15 is 0 Å². The fourth-order valence-electron chi connectivity index (χ4n) is 1.01. The molecule has 0 aromatic heterocycles. The molecule has 0 saturated heterocycles. The highest BCUT2D eigenvalue weighted by Gasteiger charge is 1.98. The molecule has 0 heterocycles. The van der Waals surface area contributed by atoms with E-state index in [1.165, 1.54) is 0 Å². The molecule has 4 heteroatoms. The third kappa shape index (κ3) is 2.88. The van der Waals surface area contributed by atoms with E-state index in [2.05, 4.69) is 5.32 Å². The Labute approximate surface area is 82.3 Å². The van der Waals surface area contributed by atoms with Crippen molar-refractivity contribution in [2.24, 2.45) is 5.73 Å².